The van der Waals surface area contributed by atoms with Crippen LogP contribution < -0.4 is 4.74 Å². The van der Waals surface area contributed by atoms with Crippen LogP contribution in [-0.2, 0) is 0 Å². The number of pyridine rings is 1. The molecule has 0 bridgehead atoms. The van der Waals surface area contributed by atoms with Crippen molar-refractivity contribution in [3.8, 4) is 5.75 Å². The van der Waals surface area contributed by atoms with Gasteiger partial charge in [0, 0.05) is 6.04 Å². The van der Waals surface area contributed by atoms with Crippen molar-refractivity contribution < 1.29 is 4.74 Å². The van der Waals surface area contributed by atoms with Gasteiger partial charge in [-0.3, -0.25) is 4.90 Å². The van der Waals surface area contributed by atoms with Crippen molar-refractivity contribution in [3.63, 3.8) is 0 Å². The lowest BCUT2D eigenvalue weighted by molar-refractivity contribution is 0.0767. The Balaban J connectivity index is 1.83. The summed E-state index contributed by atoms with van der Waals surface area (Å²) in [5.74, 6) is 0.787. The molecule has 1 saturated heterocycles. The molecule has 0 aromatic carbocycles. The molecule has 2 rings (SSSR count). The molecule has 0 radical (unpaired) electrons. The van der Waals surface area contributed by atoms with E-state index in [1.807, 2.05) is 6.07 Å². The molecule has 0 saturated carbocycles. The smallest absolute Gasteiger partial charge is 0.137 e. The Kier molecular flexibility index (Phi) is 2.89. The maximum absolute atomic E-state index is 5.66. The summed E-state index contributed by atoms with van der Waals surface area (Å²) >= 11 is 5.66. The minimum absolute atomic E-state index is 0.498. The van der Waals surface area contributed by atoms with E-state index in [1.54, 1.807) is 12.3 Å². The third kappa shape index (κ3) is 2.16. The van der Waals surface area contributed by atoms with Crippen LogP contribution in [0.1, 0.15) is 6.42 Å². The Morgan fingerprint density at radius 2 is 2.50 bits per heavy atom. The SMILES string of the molecule is CN1CCC1COc1ccc(Cl)nc1. The molecule has 4 heteroatoms. The molecule has 0 N–H and O–H groups in total. The van der Waals surface area contributed by atoms with Crippen LogP contribution in [0, 0.1) is 0 Å². The van der Waals surface area contributed by atoms with E-state index in [1.165, 1.54) is 13.0 Å². The molecule has 1 aliphatic rings. The lowest BCUT2D eigenvalue weighted by Crippen LogP contribution is -2.48. The topological polar surface area (TPSA) is 25.4 Å². The molecule has 1 unspecified atom stereocenters. The number of rotatable bonds is 3. The summed E-state index contributed by atoms with van der Waals surface area (Å²) in [6, 6.07) is 4.14. The summed E-state index contributed by atoms with van der Waals surface area (Å²) in [6.07, 6.45) is 2.87. The predicted molar refractivity (Wildman–Crippen MR) is 55.8 cm³/mol. The van der Waals surface area contributed by atoms with Gasteiger partial charge in [0.1, 0.15) is 17.5 Å². The number of hydrogen-bond acceptors (Lipinski definition) is 3. The fourth-order valence-corrected chi connectivity index (χ4v) is 1.53. The second-order valence-electron chi connectivity index (χ2n) is 3.55. The van der Waals surface area contributed by atoms with Crippen LogP contribution in [0.5, 0.6) is 5.75 Å². The van der Waals surface area contributed by atoms with Gasteiger partial charge in [-0.2, -0.15) is 0 Å². The van der Waals surface area contributed by atoms with Crippen LogP contribution in [0.25, 0.3) is 0 Å². The minimum Gasteiger partial charge on any atom is -0.490 e. The van der Waals surface area contributed by atoms with Crippen LogP contribution in [-0.4, -0.2) is 36.1 Å². The molecule has 14 heavy (non-hydrogen) atoms. The third-order valence-corrected chi connectivity index (χ3v) is 2.80. The number of aromatic nitrogens is 1. The number of hydrogen-bond donors (Lipinski definition) is 0. The van der Waals surface area contributed by atoms with Crippen LogP contribution in [0.2, 0.25) is 5.15 Å². The van der Waals surface area contributed by atoms with Crippen molar-refractivity contribution in [2.24, 2.45) is 0 Å². The second-order valence-corrected chi connectivity index (χ2v) is 3.94. The van der Waals surface area contributed by atoms with Crippen molar-refractivity contribution in [1.29, 1.82) is 0 Å². The Bertz CT molecular complexity index is 301. The number of ether oxygens (including phenoxy) is 1. The first kappa shape index (κ1) is 9.74. The van der Waals surface area contributed by atoms with Crippen molar-refractivity contribution in [1.82, 2.24) is 9.88 Å². The standard InChI is InChI=1S/C10H13ClN2O/c1-13-5-4-8(13)7-14-9-2-3-10(11)12-6-9/h2-3,6,8H,4-5,7H2,1H3. The van der Waals surface area contributed by atoms with Gasteiger partial charge in [-0.25, -0.2) is 4.98 Å². The van der Waals surface area contributed by atoms with Gasteiger partial charge in [0.2, 0.25) is 0 Å². The molecule has 1 aromatic rings. The normalized spacial score (nSPS) is 21.7. The minimum atomic E-state index is 0.498. The number of halogens is 1. The van der Waals surface area contributed by atoms with E-state index in [2.05, 4.69) is 16.9 Å². The Labute approximate surface area is 88.6 Å². The van der Waals surface area contributed by atoms with Crippen molar-refractivity contribution in [2.75, 3.05) is 20.2 Å². The molecular weight excluding hydrogens is 200 g/mol. The molecule has 2 heterocycles. The fourth-order valence-electron chi connectivity index (χ4n) is 1.42. The van der Waals surface area contributed by atoms with E-state index in [0.29, 0.717) is 11.2 Å². The van der Waals surface area contributed by atoms with E-state index in [0.717, 1.165) is 12.4 Å². The maximum Gasteiger partial charge on any atom is 0.137 e. The quantitative estimate of drug-likeness (QED) is 0.715. The molecule has 0 aliphatic carbocycles. The number of likely N-dealkylation sites (tertiary alicyclic amines) is 1. The second kappa shape index (κ2) is 4.15. The summed E-state index contributed by atoms with van der Waals surface area (Å²) in [7, 11) is 2.11. The van der Waals surface area contributed by atoms with Crippen LogP contribution in [0.3, 0.4) is 0 Å². The molecule has 1 aromatic heterocycles. The van der Waals surface area contributed by atoms with Crippen molar-refractivity contribution in [3.05, 3.63) is 23.5 Å². The summed E-state index contributed by atoms with van der Waals surface area (Å²) in [6.45, 7) is 1.91. The molecule has 0 amide bonds. The van der Waals surface area contributed by atoms with Crippen LogP contribution in [0.15, 0.2) is 18.3 Å². The first-order chi connectivity index (χ1) is 6.75. The highest BCUT2D eigenvalue weighted by atomic mass is 35.5. The summed E-state index contributed by atoms with van der Waals surface area (Å²) < 4.78 is 5.57. The lowest BCUT2D eigenvalue weighted by atomic mass is 10.1. The monoisotopic (exact) mass is 212 g/mol. The van der Waals surface area contributed by atoms with Gasteiger partial charge in [0.25, 0.3) is 0 Å². The van der Waals surface area contributed by atoms with E-state index in [4.69, 9.17) is 16.3 Å². The molecule has 1 atom stereocenters. The fraction of sp³-hybridized carbons (Fsp3) is 0.500. The first-order valence-electron chi connectivity index (χ1n) is 4.70. The Morgan fingerprint density at radius 1 is 1.64 bits per heavy atom. The summed E-state index contributed by atoms with van der Waals surface area (Å²) in [5.41, 5.74) is 0. The summed E-state index contributed by atoms with van der Waals surface area (Å²) in [4.78, 5) is 6.23. The van der Waals surface area contributed by atoms with Crippen molar-refractivity contribution in [2.45, 2.75) is 12.5 Å². The highest BCUT2D eigenvalue weighted by Gasteiger charge is 2.24. The Hall–Kier alpha value is -0.800. The van der Waals surface area contributed by atoms with E-state index >= 15 is 0 Å². The number of likely N-dealkylation sites (N-methyl/N-ethyl adjacent to an activating group) is 1. The third-order valence-electron chi connectivity index (χ3n) is 2.58. The number of nitrogens with zero attached hydrogens (tertiary/aromatic N) is 2. The molecule has 1 fully saturated rings. The van der Waals surface area contributed by atoms with E-state index < -0.39 is 0 Å². The zero-order valence-corrected chi connectivity index (χ0v) is 8.87. The van der Waals surface area contributed by atoms with Crippen LogP contribution >= 0.6 is 11.6 Å². The van der Waals surface area contributed by atoms with Crippen molar-refractivity contribution >= 4 is 11.6 Å². The Morgan fingerprint density at radius 3 is 3.00 bits per heavy atom. The highest BCUT2D eigenvalue weighted by Crippen LogP contribution is 2.17. The van der Waals surface area contributed by atoms with Gasteiger partial charge in [-0.05, 0) is 32.1 Å². The zero-order valence-electron chi connectivity index (χ0n) is 8.11. The molecule has 0 spiro atoms. The van der Waals surface area contributed by atoms with E-state index in [9.17, 15) is 0 Å². The highest BCUT2D eigenvalue weighted by molar-refractivity contribution is 6.29. The predicted octanol–water partition coefficient (Wildman–Crippen LogP) is 1.82. The van der Waals surface area contributed by atoms with Gasteiger partial charge >= 0.3 is 0 Å². The molecule has 3 nitrogen and oxygen atoms in total. The average molecular weight is 213 g/mol. The maximum atomic E-state index is 5.66. The molecule has 76 valence electrons. The van der Waals surface area contributed by atoms with Crippen LogP contribution in [0.4, 0.5) is 0 Å². The largest absolute Gasteiger partial charge is 0.490 e. The van der Waals surface area contributed by atoms with Gasteiger partial charge in [-0.15, -0.1) is 0 Å². The van der Waals surface area contributed by atoms with Gasteiger partial charge < -0.3 is 4.74 Å². The average Bonchev–Trinajstić information content (AvgIpc) is 2.19. The lowest BCUT2D eigenvalue weighted by Gasteiger charge is -2.37. The van der Waals surface area contributed by atoms with Gasteiger partial charge in [0.05, 0.1) is 6.20 Å². The summed E-state index contributed by atoms with van der Waals surface area (Å²) in [5, 5.41) is 0.498. The molecular formula is C10H13ClN2O. The van der Waals surface area contributed by atoms with Gasteiger partial charge in [-0.1, -0.05) is 11.6 Å². The molecule has 1 aliphatic heterocycles. The van der Waals surface area contributed by atoms with E-state index in [-0.39, 0.29) is 0 Å². The van der Waals surface area contributed by atoms with Gasteiger partial charge in [0.15, 0.2) is 0 Å². The zero-order chi connectivity index (χ0) is 9.97. The first-order valence-corrected chi connectivity index (χ1v) is 5.08.